The highest BCUT2D eigenvalue weighted by atomic mass is 35.5. The van der Waals surface area contributed by atoms with E-state index in [4.69, 9.17) is 0 Å². The maximum Gasteiger partial charge on any atom is 0.224 e. The summed E-state index contributed by atoms with van der Waals surface area (Å²) in [6.07, 6.45) is 2.11. The minimum Gasteiger partial charge on any atom is -0.354 e. The Balaban J connectivity index is 0.00000242. The van der Waals surface area contributed by atoms with Gasteiger partial charge in [0.05, 0.1) is 12.0 Å². The molecule has 2 rings (SSSR count). The van der Waals surface area contributed by atoms with Crippen LogP contribution in [0.15, 0.2) is 16.8 Å². The van der Waals surface area contributed by atoms with E-state index in [0.29, 0.717) is 6.54 Å². The van der Waals surface area contributed by atoms with Crippen molar-refractivity contribution in [3.8, 4) is 0 Å². The first-order valence-electron chi connectivity index (χ1n) is 8.00. The zero-order valence-electron chi connectivity index (χ0n) is 13.9. The summed E-state index contributed by atoms with van der Waals surface area (Å²) in [7, 11) is 0. The number of rotatable bonds is 7. The Morgan fingerprint density at radius 1 is 1.43 bits per heavy atom. The van der Waals surface area contributed by atoms with E-state index >= 15 is 0 Å². The van der Waals surface area contributed by atoms with Crippen LogP contribution in [0.4, 0.5) is 0 Å². The van der Waals surface area contributed by atoms with Crippen LogP contribution in [0.5, 0.6) is 0 Å². The van der Waals surface area contributed by atoms with Gasteiger partial charge in [-0.25, -0.2) is 0 Å². The average Bonchev–Trinajstić information content (AvgIpc) is 3.06. The van der Waals surface area contributed by atoms with Crippen molar-refractivity contribution < 1.29 is 4.79 Å². The van der Waals surface area contributed by atoms with Crippen molar-refractivity contribution in [1.82, 2.24) is 15.5 Å². The standard InChI is InChI=1S/C16H27N3OS.2ClH/c1-3-19(4-2)15(14-7-9-21-12-14)11-18-16(20)13-6-5-8-17-10-13;;/h7,9,12-13,15,17H,3-6,8,10-11H2,1-2H3,(H,18,20);2*1H. The van der Waals surface area contributed by atoms with E-state index in [2.05, 4.69) is 46.2 Å². The number of hydrogen-bond donors (Lipinski definition) is 2. The minimum atomic E-state index is 0. The third-order valence-electron chi connectivity index (χ3n) is 4.32. The van der Waals surface area contributed by atoms with Crippen molar-refractivity contribution >= 4 is 42.1 Å². The lowest BCUT2D eigenvalue weighted by Crippen LogP contribution is -2.44. The van der Waals surface area contributed by atoms with E-state index in [1.54, 1.807) is 11.3 Å². The molecule has 134 valence electrons. The molecule has 0 aliphatic carbocycles. The van der Waals surface area contributed by atoms with Gasteiger partial charge in [0.25, 0.3) is 0 Å². The number of piperidine rings is 1. The van der Waals surface area contributed by atoms with Crippen LogP contribution in [0, 0.1) is 5.92 Å². The van der Waals surface area contributed by atoms with Crippen molar-refractivity contribution in [3.05, 3.63) is 22.4 Å². The SMILES string of the molecule is CCN(CC)C(CNC(=O)C1CCCNC1)c1ccsc1.Cl.Cl. The largest absolute Gasteiger partial charge is 0.354 e. The Morgan fingerprint density at radius 2 is 2.17 bits per heavy atom. The number of thiophene rings is 1. The molecule has 0 saturated carbocycles. The summed E-state index contributed by atoms with van der Waals surface area (Å²) >= 11 is 1.72. The first-order valence-corrected chi connectivity index (χ1v) is 8.95. The van der Waals surface area contributed by atoms with Gasteiger partial charge in [-0.05, 0) is 54.9 Å². The lowest BCUT2D eigenvalue weighted by Gasteiger charge is -2.30. The van der Waals surface area contributed by atoms with Gasteiger partial charge in [-0.1, -0.05) is 13.8 Å². The number of amides is 1. The second kappa shape index (κ2) is 12.1. The maximum absolute atomic E-state index is 12.3. The predicted octanol–water partition coefficient (Wildman–Crippen LogP) is 3.09. The molecule has 1 amide bonds. The fourth-order valence-electron chi connectivity index (χ4n) is 3.00. The molecule has 2 heterocycles. The van der Waals surface area contributed by atoms with Crippen LogP contribution in [0.25, 0.3) is 0 Å². The number of halogens is 2. The predicted molar refractivity (Wildman–Crippen MR) is 103 cm³/mol. The van der Waals surface area contributed by atoms with Crippen LogP contribution in [-0.2, 0) is 4.79 Å². The van der Waals surface area contributed by atoms with E-state index in [-0.39, 0.29) is 42.7 Å². The van der Waals surface area contributed by atoms with Gasteiger partial charge in [0, 0.05) is 13.1 Å². The average molecular weight is 382 g/mol. The lowest BCUT2D eigenvalue weighted by atomic mass is 9.98. The van der Waals surface area contributed by atoms with Crippen molar-refractivity contribution in [1.29, 1.82) is 0 Å². The van der Waals surface area contributed by atoms with E-state index in [0.717, 1.165) is 39.0 Å². The van der Waals surface area contributed by atoms with E-state index in [1.165, 1.54) is 5.56 Å². The number of nitrogens with zero attached hydrogens (tertiary/aromatic N) is 1. The fourth-order valence-corrected chi connectivity index (χ4v) is 3.71. The Bertz CT molecular complexity index is 421. The van der Waals surface area contributed by atoms with Crippen LogP contribution in [-0.4, -0.2) is 43.5 Å². The molecule has 1 fully saturated rings. The summed E-state index contributed by atoms with van der Waals surface area (Å²) in [5, 5.41) is 10.8. The highest BCUT2D eigenvalue weighted by Gasteiger charge is 2.23. The van der Waals surface area contributed by atoms with Crippen LogP contribution in [0.3, 0.4) is 0 Å². The Hall–Kier alpha value is -0.330. The number of carbonyl (C=O) groups is 1. The number of hydrogen-bond acceptors (Lipinski definition) is 4. The maximum atomic E-state index is 12.3. The van der Waals surface area contributed by atoms with Crippen molar-refractivity contribution in [2.75, 3.05) is 32.7 Å². The molecule has 0 spiro atoms. The Kier molecular flexibility index (Phi) is 11.9. The van der Waals surface area contributed by atoms with Gasteiger partial charge < -0.3 is 10.6 Å². The van der Waals surface area contributed by atoms with Crippen molar-refractivity contribution in [3.63, 3.8) is 0 Å². The second-order valence-corrected chi connectivity index (χ2v) is 6.36. The van der Waals surface area contributed by atoms with Crippen molar-refractivity contribution in [2.24, 2.45) is 5.92 Å². The van der Waals surface area contributed by atoms with Crippen LogP contribution in [0.2, 0.25) is 0 Å². The molecular formula is C16H29Cl2N3OS. The summed E-state index contributed by atoms with van der Waals surface area (Å²) in [6, 6.07) is 2.45. The number of nitrogens with one attached hydrogen (secondary N) is 2. The Labute approximate surface area is 156 Å². The second-order valence-electron chi connectivity index (χ2n) is 5.58. The van der Waals surface area contributed by atoms with Crippen LogP contribution in [0.1, 0.15) is 38.3 Å². The molecule has 2 N–H and O–H groups in total. The van der Waals surface area contributed by atoms with E-state index < -0.39 is 0 Å². The van der Waals surface area contributed by atoms with Gasteiger partial charge in [0.15, 0.2) is 0 Å². The number of carbonyl (C=O) groups excluding carboxylic acids is 1. The first kappa shape index (κ1) is 22.7. The minimum absolute atomic E-state index is 0. The van der Waals surface area contributed by atoms with Gasteiger partial charge in [-0.15, -0.1) is 24.8 Å². The number of likely N-dealkylation sites (N-methyl/N-ethyl adjacent to an activating group) is 1. The highest BCUT2D eigenvalue weighted by molar-refractivity contribution is 7.07. The third-order valence-corrected chi connectivity index (χ3v) is 5.02. The Morgan fingerprint density at radius 3 is 2.70 bits per heavy atom. The molecule has 2 unspecified atom stereocenters. The van der Waals surface area contributed by atoms with Crippen molar-refractivity contribution in [2.45, 2.75) is 32.7 Å². The highest BCUT2D eigenvalue weighted by Crippen LogP contribution is 2.22. The molecule has 7 heteroatoms. The molecule has 1 aliphatic rings. The first-order chi connectivity index (χ1) is 10.3. The smallest absolute Gasteiger partial charge is 0.224 e. The molecule has 1 aliphatic heterocycles. The van der Waals surface area contributed by atoms with Gasteiger partial charge in [0.2, 0.25) is 5.91 Å². The van der Waals surface area contributed by atoms with E-state index in [1.807, 2.05) is 0 Å². The molecular weight excluding hydrogens is 353 g/mol. The summed E-state index contributed by atoms with van der Waals surface area (Å²) in [5.74, 6) is 0.341. The fraction of sp³-hybridized carbons (Fsp3) is 0.688. The zero-order valence-corrected chi connectivity index (χ0v) is 16.4. The summed E-state index contributed by atoms with van der Waals surface area (Å²) in [6.45, 7) is 8.91. The molecule has 2 atom stereocenters. The van der Waals surface area contributed by atoms with Gasteiger partial charge >= 0.3 is 0 Å². The topological polar surface area (TPSA) is 44.4 Å². The van der Waals surface area contributed by atoms with E-state index in [9.17, 15) is 4.79 Å². The zero-order chi connectivity index (χ0) is 15.1. The summed E-state index contributed by atoms with van der Waals surface area (Å²) in [4.78, 5) is 14.7. The van der Waals surface area contributed by atoms with Crippen LogP contribution >= 0.6 is 36.2 Å². The molecule has 4 nitrogen and oxygen atoms in total. The molecule has 23 heavy (non-hydrogen) atoms. The molecule has 1 aromatic heterocycles. The molecule has 0 aromatic carbocycles. The molecule has 1 saturated heterocycles. The molecule has 0 bridgehead atoms. The summed E-state index contributed by atoms with van der Waals surface area (Å²) in [5.41, 5.74) is 1.31. The molecule has 1 aromatic rings. The van der Waals surface area contributed by atoms with Gasteiger partial charge in [-0.2, -0.15) is 11.3 Å². The normalized spacial score (nSPS) is 18.7. The lowest BCUT2D eigenvalue weighted by molar-refractivity contribution is -0.125. The monoisotopic (exact) mass is 381 g/mol. The van der Waals surface area contributed by atoms with Crippen LogP contribution < -0.4 is 10.6 Å². The van der Waals surface area contributed by atoms with Gasteiger partial charge in [0.1, 0.15) is 0 Å². The summed E-state index contributed by atoms with van der Waals surface area (Å²) < 4.78 is 0. The van der Waals surface area contributed by atoms with Gasteiger partial charge in [-0.3, -0.25) is 9.69 Å². The third kappa shape index (κ3) is 6.59. The molecule has 0 radical (unpaired) electrons. The quantitative estimate of drug-likeness (QED) is 0.762.